The Labute approximate surface area is 195 Å². The summed E-state index contributed by atoms with van der Waals surface area (Å²) in [5, 5.41) is 23.0. The van der Waals surface area contributed by atoms with E-state index in [9.17, 15) is 20.2 Å². The second-order valence-corrected chi connectivity index (χ2v) is 8.66. The van der Waals surface area contributed by atoms with Crippen molar-refractivity contribution in [2.45, 2.75) is 12.3 Å². The van der Waals surface area contributed by atoms with E-state index in [1.807, 2.05) is 61.5 Å². The van der Waals surface area contributed by atoms with E-state index in [1.54, 1.807) is 16.7 Å². The van der Waals surface area contributed by atoms with Crippen LogP contribution in [0.5, 0.6) is 0 Å². The first-order valence-corrected chi connectivity index (χ1v) is 11.3. The van der Waals surface area contributed by atoms with Crippen LogP contribution >= 0.6 is 11.8 Å². The Hall–Kier alpha value is -3.57. The van der Waals surface area contributed by atoms with E-state index in [4.69, 9.17) is 10.2 Å². The first-order valence-electron chi connectivity index (χ1n) is 10.1. The van der Waals surface area contributed by atoms with Crippen LogP contribution < -0.4 is 10.6 Å². The Morgan fingerprint density at radius 3 is 2.27 bits per heavy atom. The summed E-state index contributed by atoms with van der Waals surface area (Å²) in [6.45, 7) is 1.15. The molecule has 0 aliphatic heterocycles. The standard InChI is InChI=1S/C22H25N5O5S/c1-24(2)14-17-8-9-18(32-17)15-33-11-10-25(16-6-4-3-5-7-16)21-12-19(23)20(26(28)29)13-22(21)27(30)31/h3-9,12-13H,10-11,14-15,23H2,1-2H3. The van der Waals surface area contributed by atoms with E-state index >= 15 is 0 Å². The molecular weight excluding hydrogens is 446 g/mol. The third kappa shape index (κ3) is 6.24. The normalized spacial score (nSPS) is 11.0. The van der Waals surface area contributed by atoms with Crippen molar-refractivity contribution in [3.63, 3.8) is 0 Å². The molecule has 0 aliphatic rings. The van der Waals surface area contributed by atoms with Crippen molar-refractivity contribution in [1.29, 1.82) is 0 Å². The second kappa shape index (κ2) is 10.8. The van der Waals surface area contributed by atoms with Crippen molar-refractivity contribution >= 4 is 40.2 Å². The summed E-state index contributed by atoms with van der Waals surface area (Å²) in [6, 6.07) is 15.3. The first kappa shape index (κ1) is 24.1. The molecule has 0 amide bonds. The van der Waals surface area contributed by atoms with Crippen LogP contribution in [-0.4, -0.2) is 41.1 Å². The van der Waals surface area contributed by atoms with Crippen molar-refractivity contribution in [1.82, 2.24) is 4.90 Å². The third-order valence-electron chi connectivity index (χ3n) is 4.77. The largest absolute Gasteiger partial charge is 0.464 e. The van der Waals surface area contributed by atoms with E-state index in [-0.39, 0.29) is 17.1 Å². The number of nitrogen functional groups attached to an aromatic ring is 1. The fourth-order valence-electron chi connectivity index (χ4n) is 3.32. The third-order valence-corrected chi connectivity index (χ3v) is 5.73. The number of benzene rings is 2. The number of hydrogen-bond donors (Lipinski definition) is 1. The molecule has 11 heteroatoms. The van der Waals surface area contributed by atoms with Crippen molar-refractivity contribution < 1.29 is 14.3 Å². The molecule has 0 unspecified atom stereocenters. The Balaban J connectivity index is 1.80. The van der Waals surface area contributed by atoms with Gasteiger partial charge in [-0.05, 0) is 44.4 Å². The smallest absolute Gasteiger partial charge is 0.299 e. The number of nitro groups is 2. The van der Waals surface area contributed by atoms with Crippen molar-refractivity contribution in [3.05, 3.63) is 86.3 Å². The van der Waals surface area contributed by atoms with Gasteiger partial charge >= 0.3 is 0 Å². The lowest BCUT2D eigenvalue weighted by Crippen LogP contribution is -2.21. The predicted octanol–water partition coefficient (Wildman–Crippen LogP) is 4.81. The SMILES string of the molecule is CN(C)Cc1ccc(CSCCN(c2ccccc2)c2cc(N)c([N+](=O)[O-])cc2[N+](=O)[O-])o1. The van der Waals surface area contributed by atoms with Crippen LogP contribution in [-0.2, 0) is 12.3 Å². The number of nitrogens with two attached hydrogens (primary N) is 1. The second-order valence-electron chi connectivity index (χ2n) is 7.56. The Morgan fingerprint density at radius 1 is 0.970 bits per heavy atom. The molecule has 0 atom stereocenters. The number of nitro benzene ring substituents is 2. The lowest BCUT2D eigenvalue weighted by atomic mass is 10.1. The van der Waals surface area contributed by atoms with Gasteiger partial charge in [-0.25, -0.2) is 0 Å². The lowest BCUT2D eigenvalue weighted by molar-refractivity contribution is -0.393. The molecule has 1 aromatic heterocycles. The number of para-hydroxylation sites is 1. The monoisotopic (exact) mass is 471 g/mol. The molecule has 0 fully saturated rings. The molecule has 3 aromatic rings. The van der Waals surface area contributed by atoms with Gasteiger partial charge in [-0.1, -0.05) is 18.2 Å². The van der Waals surface area contributed by atoms with Gasteiger partial charge in [0.05, 0.1) is 28.2 Å². The lowest BCUT2D eigenvalue weighted by Gasteiger charge is -2.25. The van der Waals surface area contributed by atoms with Crippen molar-refractivity contribution in [2.75, 3.05) is 37.0 Å². The van der Waals surface area contributed by atoms with Gasteiger partial charge < -0.3 is 20.0 Å². The number of anilines is 3. The summed E-state index contributed by atoms with van der Waals surface area (Å²) in [5.41, 5.74) is 5.81. The molecule has 0 aliphatic carbocycles. The highest BCUT2D eigenvalue weighted by molar-refractivity contribution is 7.98. The summed E-state index contributed by atoms with van der Waals surface area (Å²) in [4.78, 5) is 25.4. The van der Waals surface area contributed by atoms with Crippen LogP contribution in [0.4, 0.5) is 28.4 Å². The topological polar surface area (TPSA) is 132 Å². The minimum atomic E-state index is -0.720. The van der Waals surface area contributed by atoms with Gasteiger partial charge in [0, 0.05) is 18.0 Å². The molecule has 0 saturated carbocycles. The maximum Gasteiger partial charge on any atom is 0.299 e. The van der Waals surface area contributed by atoms with Gasteiger partial charge in [0.25, 0.3) is 11.4 Å². The van der Waals surface area contributed by atoms with E-state index in [1.165, 1.54) is 6.07 Å². The molecule has 33 heavy (non-hydrogen) atoms. The van der Waals surface area contributed by atoms with Crippen LogP contribution in [0.15, 0.2) is 59.0 Å². The van der Waals surface area contributed by atoms with Crippen LogP contribution in [0.1, 0.15) is 11.5 Å². The Kier molecular flexibility index (Phi) is 7.91. The molecule has 174 valence electrons. The summed E-state index contributed by atoms with van der Waals surface area (Å²) < 4.78 is 5.83. The fourth-order valence-corrected chi connectivity index (χ4v) is 4.14. The van der Waals surface area contributed by atoms with Crippen molar-refractivity contribution in [2.24, 2.45) is 0 Å². The van der Waals surface area contributed by atoms with Crippen LogP contribution in [0.25, 0.3) is 0 Å². The zero-order valence-corrected chi connectivity index (χ0v) is 19.2. The van der Waals surface area contributed by atoms with E-state index < -0.39 is 15.5 Å². The maximum absolute atomic E-state index is 11.7. The van der Waals surface area contributed by atoms with Crippen LogP contribution in [0, 0.1) is 20.2 Å². The zero-order chi connectivity index (χ0) is 24.0. The van der Waals surface area contributed by atoms with Crippen LogP contribution in [0.3, 0.4) is 0 Å². The van der Waals surface area contributed by atoms with Gasteiger partial charge in [0.1, 0.15) is 22.9 Å². The number of nitrogens with zero attached hydrogens (tertiary/aromatic N) is 4. The van der Waals surface area contributed by atoms with Gasteiger partial charge in [-0.2, -0.15) is 11.8 Å². The number of furan rings is 1. The molecule has 0 saturated heterocycles. The molecule has 0 spiro atoms. The first-order chi connectivity index (χ1) is 15.8. The van der Waals surface area contributed by atoms with E-state index in [0.29, 0.717) is 18.1 Å². The average molecular weight is 472 g/mol. The number of thioether (sulfide) groups is 1. The Morgan fingerprint density at radius 2 is 1.64 bits per heavy atom. The van der Waals surface area contributed by atoms with Crippen LogP contribution in [0.2, 0.25) is 0 Å². The highest BCUT2D eigenvalue weighted by atomic mass is 32.2. The summed E-state index contributed by atoms with van der Waals surface area (Å²) >= 11 is 1.62. The Bertz CT molecular complexity index is 1120. The van der Waals surface area contributed by atoms with Gasteiger partial charge in [-0.15, -0.1) is 0 Å². The maximum atomic E-state index is 11.7. The predicted molar refractivity (Wildman–Crippen MR) is 130 cm³/mol. The molecule has 2 aromatic carbocycles. The minimum Gasteiger partial charge on any atom is -0.464 e. The quantitative estimate of drug-likeness (QED) is 0.181. The highest BCUT2D eigenvalue weighted by Crippen LogP contribution is 2.39. The van der Waals surface area contributed by atoms with Crippen molar-refractivity contribution in [3.8, 4) is 0 Å². The molecule has 2 N–H and O–H groups in total. The fraction of sp³-hybridized carbons (Fsp3) is 0.273. The summed E-state index contributed by atoms with van der Waals surface area (Å²) in [5.74, 6) is 3.03. The van der Waals surface area contributed by atoms with E-state index in [2.05, 4.69) is 0 Å². The van der Waals surface area contributed by atoms with Gasteiger partial charge in [0.2, 0.25) is 0 Å². The number of rotatable bonds is 11. The molecule has 3 rings (SSSR count). The molecule has 0 radical (unpaired) electrons. The van der Waals surface area contributed by atoms with E-state index in [0.717, 1.165) is 29.8 Å². The summed E-state index contributed by atoms with van der Waals surface area (Å²) in [6.07, 6.45) is 0. The molecular formula is C22H25N5O5S. The zero-order valence-electron chi connectivity index (χ0n) is 18.3. The molecule has 10 nitrogen and oxygen atoms in total. The van der Waals surface area contributed by atoms with Gasteiger partial charge in [0.15, 0.2) is 0 Å². The summed E-state index contributed by atoms with van der Waals surface area (Å²) in [7, 11) is 3.94. The molecule has 1 heterocycles. The highest BCUT2D eigenvalue weighted by Gasteiger charge is 2.27. The molecule has 0 bridgehead atoms. The van der Waals surface area contributed by atoms with Gasteiger partial charge in [-0.3, -0.25) is 20.2 Å². The number of hydrogen-bond acceptors (Lipinski definition) is 9. The average Bonchev–Trinajstić information content (AvgIpc) is 3.20. The minimum absolute atomic E-state index is 0.127.